The Hall–Kier alpha value is -3.08. The summed E-state index contributed by atoms with van der Waals surface area (Å²) in [6.07, 6.45) is 0.581. The zero-order chi connectivity index (χ0) is 20.8. The number of hydrogen-bond acceptors (Lipinski definition) is 2. The van der Waals surface area contributed by atoms with Gasteiger partial charge in [-0.3, -0.25) is 4.79 Å². The molecule has 2 aromatic carbocycles. The minimum Gasteiger partial charge on any atom is -0.465 e. The number of rotatable bonds is 5. The van der Waals surface area contributed by atoms with Gasteiger partial charge in [0.25, 0.3) is 5.91 Å². The fourth-order valence-electron chi connectivity index (χ4n) is 3.87. The van der Waals surface area contributed by atoms with Crippen LogP contribution in [0.2, 0.25) is 0 Å². The largest absolute Gasteiger partial charge is 0.465 e. The molecule has 3 rings (SSSR count). The summed E-state index contributed by atoms with van der Waals surface area (Å²) in [5.74, 6) is 0.0465. The molecule has 0 spiro atoms. The maximum Gasteiger partial charge on any atom is 0.407 e. The molecule has 0 bridgehead atoms. The van der Waals surface area contributed by atoms with Crippen LogP contribution in [0.4, 0.5) is 4.79 Å². The predicted molar refractivity (Wildman–Crippen MR) is 115 cm³/mol. The standard InChI is InChI=1S/C24H28N2O3/c1-3-25(4-2)23(27)21-12-10-19(11-13-21)22(18-8-6-5-7-9-18)20-14-16-26(17-15-20)24(28)29/h5-13H,3-4,14-17H2,1-2H3,(H,28,29). The van der Waals surface area contributed by atoms with Gasteiger partial charge < -0.3 is 14.9 Å². The summed E-state index contributed by atoms with van der Waals surface area (Å²) in [5.41, 5.74) is 5.28. The topological polar surface area (TPSA) is 60.9 Å². The van der Waals surface area contributed by atoms with E-state index in [-0.39, 0.29) is 5.91 Å². The number of carbonyl (C=O) groups is 2. The zero-order valence-corrected chi connectivity index (χ0v) is 17.1. The molecule has 5 nitrogen and oxygen atoms in total. The smallest absolute Gasteiger partial charge is 0.407 e. The molecule has 2 amide bonds. The van der Waals surface area contributed by atoms with Gasteiger partial charge in [0.05, 0.1) is 0 Å². The number of carbonyl (C=O) groups excluding carboxylic acids is 1. The van der Waals surface area contributed by atoms with Crippen molar-refractivity contribution in [2.45, 2.75) is 26.7 Å². The molecular formula is C24H28N2O3. The third-order valence-corrected chi connectivity index (χ3v) is 5.52. The number of amides is 2. The number of carboxylic acid groups (broad SMARTS) is 1. The van der Waals surface area contributed by atoms with E-state index in [2.05, 4.69) is 12.1 Å². The maximum atomic E-state index is 12.6. The van der Waals surface area contributed by atoms with Crippen molar-refractivity contribution in [3.63, 3.8) is 0 Å². The number of benzene rings is 2. The Morgan fingerprint density at radius 2 is 1.38 bits per heavy atom. The van der Waals surface area contributed by atoms with E-state index in [9.17, 15) is 14.7 Å². The van der Waals surface area contributed by atoms with Gasteiger partial charge in [-0.2, -0.15) is 0 Å². The Kier molecular flexibility index (Phi) is 6.70. The first-order valence-corrected chi connectivity index (χ1v) is 10.2. The molecule has 0 radical (unpaired) electrons. The average molecular weight is 392 g/mol. The SMILES string of the molecule is CCN(CC)C(=O)c1ccc(C(=C2CCN(C(=O)O)CC2)c2ccccc2)cc1. The van der Waals surface area contributed by atoms with E-state index in [0.717, 1.165) is 29.5 Å². The summed E-state index contributed by atoms with van der Waals surface area (Å²) >= 11 is 0. The highest BCUT2D eigenvalue weighted by molar-refractivity contribution is 5.95. The second-order valence-corrected chi connectivity index (χ2v) is 7.17. The highest BCUT2D eigenvalue weighted by atomic mass is 16.4. The minimum atomic E-state index is -0.857. The first-order chi connectivity index (χ1) is 14.0. The van der Waals surface area contributed by atoms with Crippen LogP contribution in [0.1, 0.15) is 48.2 Å². The van der Waals surface area contributed by atoms with Crippen LogP contribution in [0.5, 0.6) is 0 Å². The van der Waals surface area contributed by atoms with Gasteiger partial charge in [0.2, 0.25) is 0 Å². The summed E-state index contributed by atoms with van der Waals surface area (Å²) in [7, 11) is 0. The van der Waals surface area contributed by atoms with Gasteiger partial charge in [-0.1, -0.05) is 48.0 Å². The monoisotopic (exact) mass is 392 g/mol. The van der Waals surface area contributed by atoms with Crippen LogP contribution in [0.15, 0.2) is 60.2 Å². The minimum absolute atomic E-state index is 0.0465. The van der Waals surface area contributed by atoms with Crippen LogP contribution in [-0.2, 0) is 0 Å². The number of hydrogen-bond donors (Lipinski definition) is 1. The highest BCUT2D eigenvalue weighted by Crippen LogP contribution is 2.32. The van der Waals surface area contributed by atoms with E-state index in [1.165, 1.54) is 10.5 Å². The first kappa shape index (κ1) is 20.6. The van der Waals surface area contributed by atoms with Crippen molar-refractivity contribution in [2.24, 2.45) is 0 Å². The molecule has 29 heavy (non-hydrogen) atoms. The molecule has 0 unspecified atom stereocenters. The van der Waals surface area contributed by atoms with Gasteiger partial charge >= 0.3 is 6.09 Å². The molecule has 2 aromatic rings. The quantitative estimate of drug-likeness (QED) is 0.799. The normalized spacial score (nSPS) is 13.9. The van der Waals surface area contributed by atoms with E-state index in [4.69, 9.17) is 0 Å². The first-order valence-electron chi connectivity index (χ1n) is 10.2. The highest BCUT2D eigenvalue weighted by Gasteiger charge is 2.22. The van der Waals surface area contributed by atoms with Crippen molar-refractivity contribution in [2.75, 3.05) is 26.2 Å². The lowest BCUT2D eigenvalue weighted by molar-refractivity contribution is 0.0773. The summed E-state index contributed by atoms with van der Waals surface area (Å²) in [4.78, 5) is 27.1. The van der Waals surface area contributed by atoms with Gasteiger partial charge in [-0.05, 0) is 55.5 Å². The number of likely N-dealkylation sites (tertiary alicyclic amines) is 1. The summed E-state index contributed by atoms with van der Waals surface area (Å²) in [6, 6.07) is 18.0. The Morgan fingerprint density at radius 3 is 1.90 bits per heavy atom. The molecule has 1 fully saturated rings. The van der Waals surface area contributed by atoms with Crippen molar-refractivity contribution < 1.29 is 14.7 Å². The van der Waals surface area contributed by atoms with Crippen molar-refractivity contribution >= 4 is 17.6 Å². The molecule has 0 atom stereocenters. The Morgan fingerprint density at radius 1 is 0.862 bits per heavy atom. The molecule has 0 saturated carbocycles. The fraction of sp³-hybridized carbons (Fsp3) is 0.333. The molecular weight excluding hydrogens is 364 g/mol. The molecule has 5 heteroatoms. The van der Waals surface area contributed by atoms with E-state index < -0.39 is 6.09 Å². The summed E-state index contributed by atoms with van der Waals surface area (Å²) < 4.78 is 0. The third kappa shape index (κ3) is 4.67. The Balaban J connectivity index is 1.95. The van der Waals surface area contributed by atoms with E-state index in [0.29, 0.717) is 31.7 Å². The van der Waals surface area contributed by atoms with E-state index in [1.54, 1.807) is 0 Å². The average Bonchev–Trinajstić information content (AvgIpc) is 2.76. The lowest BCUT2D eigenvalue weighted by Gasteiger charge is -2.28. The van der Waals surface area contributed by atoms with Gasteiger partial charge in [0, 0.05) is 31.7 Å². The third-order valence-electron chi connectivity index (χ3n) is 5.52. The van der Waals surface area contributed by atoms with Crippen molar-refractivity contribution in [1.82, 2.24) is 9.80 Å². The van der Waals surface area contributed by atoms with Gasteiger partial charge in [0.1, 0.15) is 0 Å². The predicted octanol–water partition coefficient (Wildman–Crippen LogP) is 4.74. The molecule has 1 aliphatic rings. The molecule has 1 saturated heterocycles. The summed E-state index contributed by atoms with van der Waals surface area (Å²) in [5, 5.41) is 9.24. The molecule has 1 aliphatic heterocycles. The van der Waals surface area contributed by atoms with E-state index >= 15 is 0 Å². The van der Waals surface area contributed by atoms with Crippen LogP contribution in [-0.4, -0.2) is 53.1 Å². The second-order valence-electron chi connectivity index (χ2n) is 7.17. The molecule has 0 aromatic heterocycles. The zero-order valence-electron chi connectivity index (χ0n) is 17.1. The Bertz CT molecular complexity index is 874. The van der Waals surface area contributed by atoms with Gasteiger partial charge in [-0.25, -0.2) is 4.79 Å². The Labute approximate surface area is 172 Å². The van der Waals surface area contributed by atoms with E-state index in [1.807, 2.05) is 61.2 Å². The van der Waals surface area contributed by atoms with Gasteiger partial charge in [0.15, 0.2) is 0 Å². The van der Waals surface area contributed by atoms with Crippen LogP contribution >= 0.6 is 0 Å². The molecule has 152 valence electrons. The number of nitrogens with zero attached hydrogens (tertiary/aromatic N) is 2. The summed E-state index contributed by atoms with van der Waals surface area (Å²) in [6.45, 7) is 6.38. The maximum absolute atomic E-state index is 12.6. The fourth-order valence-corrected chi connectivity index (χ4v) is 3.87. The van der Waals surface area contributed by atoms with Crippen molar-refractivity contribution in [3.05, 3.63) is 76.9 Å². The van der Waals surface area contributed by atoms with Crippen LogP contribution in [0.3, 0.4) is 0 Å². The second kappa shape index (κ2) is 9.41. The van der Waals surface area contributed by atoms with Crippen molar-refractivity contribution in [3.8, 4) is 0 Å². The van der Waals surface area contributed by atoms with Crippen LogP contribution < -0.4 is 0 Å². The molecule has 1 N–H and O–H groups in total. The molecule has 1 heterocycles. The van der Waals surface area contributed by atoms with Crippen LogP contribution in [0.25, 0.3) is 5.57 Å². The van der Waals surface area contributed by atoms with Crippen molar-refractivity contribution in [1.29, 1.82) is 0 Å². The molecule has 0 aliphatic carbocycles. The lowest BCUT2D eigenvalue weighted by Crippen LogP contribution is -2.35. The lowest BCUT2D eigenvalue weighted by atomic mass is 9.88. The van der Waals surface area contributed by atoms with Crippen LogP contribution in [0, 0.1) is 0 Å². The number of piperidine rings is 1. The van der Waals surface area contributed by atoms with Gasteiger partial charge in [-0.15, -0.1) is 0 Å².